The minimum absolute atomic E-state index is 0.550. The molecule has 8 heteroatoms. The summed E-state index contributed by atoms with van der Waals surface area (Å²) in [6, 6.07) is 1.18. The summed E-state index contributed by atoms with van der Waals surface area (Å²) < 4.78 is 40.2. The highest BCUT2D eigenvalue weighted by atomic mass is 19.3. The minimum Gasteiger partial charge on any atom is -0.434 e. The van der Waals surface area contributed by atoms with Crippen molar-refractivity contribution in [1.82, 2.24) is 0 Å². The summed E-state index contributed by atoms with van der Waals surface area (Å²) in [5.41, 5.74) is 3.49. The highest BCUT2D eigenvalue weighted by molar-refractivity contribution is 5.61. The molecule has 1 aromatic carbocycles. The average Bonchev–Trinajstić information content (AvgIpc) is 2.09. The van der Waals surface area contributed by atoms with Gasteiger partial charge in [-0.15, -0.1) is 0 Å². The van der Waals surface area contributed by atoms with E-state index in [2.05, 4.69) is 4.74 Å². The zero-order valence-corrected chi connectivity index (χ0v) is 7.12. The summed E-state index contributed by atoms with van der Waals surface area (Å²) >= 11 is 0. The number of nitro benzene ring substituents is 1. The lowest BCUT2D eigenvalue weighted by atomic mass is 10.2. The van der Waals surface area contributed by atoms with Crippen LogP contribution < -0.4 is 10.5 Å². The molecule has 0 atom stereocenters. The zero-order valence-electron chi connectivity index (χ0n) is 7.12. The highest BCUT2D eigenvalue weighted by Crippen LogP contribution is 2.30. The Morgan fingerprint density at radius 1 is 1.47 bits per heavy atom. The van der Waals surface area contributed by atoms with Gasteiger partial charge in [-0.25, -0.2) is 4.39 Å². The molecule has 0 spiro atoms. The molecule has 82 valence electrons. The Bertz CT molecular complexity index is 397. The predicted octanol–water partition coefficient (Wildman–Crippen LogP) is 1.92. The van der Waals surface area contributed by atoms with Gasteiger partial charge in [0.05, 0.1) is 11.0 Å². The molecule has 0 aliphatic heterocycles. The third-order valence-corrected chi connectivity index (χ3v) is 1.50. The number of nitrogens with zero attached hydrogens (tertiary/aromatic N) is 1. The molecular formula is C7H5F3N2O3. The number of hydrogen-bond donors (Lipinski definition) is 1. The van der Waals surface area contributed by atoms with E-state index >= 15 is 0 Å². The standard InChI is InChI=1S/C7H5F3N2O3/c8-4-1-3(15-7(9)10)2-5(6(4)11)12(13)14/h1-2,7H,11H2. The van der Waals surface area contributed by atoms with Crippen molar-refractivity contribution >= 4 is 11.4 Å². The summed E-state index contributed by atoms with van der Waals surface area (Å²) in [4.78, 5) is 9.34. The predicted molar refractivity (Wildman–Crippen MR) is 44.1 cm³/mol. The van der Waals surface area contributed by atoms with Crippen molar-refractivity contribution in [3.8, 4) is 5.75 Å². The third-order valence-electron chi connectivity index (χ3n) is 1.50. The second kappa shape index (κ2) is 4.03. The van der Waals surface area contributed by atoms with Gasteiger partial charge in [-0.1, -0.05) is 0 Å². The fraction of sp³-hybridized carbons (Fsp3) is 0.143. The first-order valence-electron chi connectivity index (χ1n) is 3.60. The molecule has 1 aromatic rings. The summed E-state index contributed by atoms with van der Waals surface area (Å²) in [7, 11) is 0. The van der Waals surface area contributed by atoms with E-state index in [1.54, 1.807) is 0 Å². The molecule has 0 aliphatic rings. The fourth-order valence-electron chi connectivity index (χ4n) is 0.901. The number of hydrogen-bond acceptors (Lipinski definition) is 4. The molecule has 0 radical (unpaired) electrons. The third kappa shape index (κ3) is 2.48. The molecule has 15 heavy (non-hydrogen) atoms. The number of nitrogens with two attached hydrogens (primary N) is 1. The van der Waals surface area contributed by atoms with E-state index in [1.807, 2.05) is 0 Å². The van der Waals surface area contributed by atoms with Gasteiger partial charge >= 0.3 is 6.61 Å². The van der Waals surface area contributed by atoms with Gasteiger partial charge in [0.1, 0.15) is 11.4 Å². The van der Waals surface area contributed by atoms with Crippen molar-refractivity contribution in [2.24, 2.45) is 0 Å². The lowest BCUT2D eigenvalue weighted by Gasteiger charge is -2.05. The molecular weight excluding hydrogens is 217 g/mol. The van der Waals surface area contributed by atoms with Crippen molar-refractivity contribution in [2.45, 2.75) is 6.61 Å². The lowest BCUT2D eigenvalue weighted by Crippen LogP contribution is -2.05. The van der Waals surface area contributed by atoms with Gasteiger partial charge in [0.25, 0.3) is 5.69 Å². The Morgan fingerprint density at radius 3 is 2.53 bits per heavy atom. The van der Waals surface area contributed by atoms with Crippen LogP contribution in [0.25, 0.3) is 0 Å². The van der Waals surface area contributed by atoms with Crippen LogP contribution in [0.3, 0.4) is 0 Å². The topological polar surface area (TPSA) is 78.4 Å². The zero-order chi connectivity index (χ0) is 11.6. The summed E-state index contributed by atoms with van der Waals surface area (Å²) in [5, 5.41) is 10.3. The van der Waals surface area contributed by atoms with Gasteiger partial charge in [-0.05, 0) is 0 Å². The first kappa shape index (κ1) is 11.1. The number of ether oxygens (including phenoxy) is 1. The molecule has 0 fully saturated rings. The lowest BCUT2D eigenvalue weighted by molar-refractivity contribution is -0.384. The molecule has 2 N–H and O–H groups in total. The van der Waals surface area contributed by atoms with Crippen LogP contribution in [0.1, 0.15) is 0 Å². The van der Waals surface area contributed by atoms with Crippen molar-refractivity contribution < 1.29 is 22.8 Å². The summed E-state index contributed by atoms with van der Waals surface area (Å²) in [5.74, 6) is -1.83. The number of nitro groups is 1. The Kier molecular flexibility index (Phi) is 2.98. The Morgan fingerprint density at radius 2 is 2.07 bits per heavy atom. The fourth-order valence-corrected chi connectivity index (χ4v) is 0.901. The highest BCUT2D eigenvalue weighted by Gasteiger charge is 2.19. The van der Waals surface area contributed by atoms with Crippen LogP contribution in [0.5, 0.6) is 5.75 Å². The number of alkyl halides is 2. The number of rotatable bonds is 3. The van der Waals surface area contributed by atoms with E-state index in [0.717, 1.165) is 0 Å². The first-order valence-corrected chi connectivity index (χ1v) is 3.60. The van der Waals surface area contributed by atoms with Gasteiger partial charge in [0.2, 0.25) is 0 Å². The van der Waals surface area contributed by atoms with Crippen LogP contribution in [0, 0.1) is 15.9 Å². The molecule has 0 heterocycles. The average molecular weight is 222 g/mol. The van der Waals surface area contributed by atoms with E-state index in [9.17, 15) is 23.3 Å². The van der Waals surface area contributed by atoms with Crippen LogP contribution in [0.15, 0.2) is 12.1 Å². The van der Waals surface area contributed by atoms with E-state index < -0.39 is 34.5 Å². The van der Waals surface area contributed by atoms with Crippen molar-refractivity contribution in [2.75, 3.05) is 5.73 Å². The normalized spacial score (nSPS) is 10.4. The van der Waals surface area contributed by atoms with Crippen LogP contribution in [-0.4, -0.2) is 11.5 Å². The van der Waals surface area contributed by atoms with Crippen LogP contribution in [-0.2, 0) is 0 Å². The van der Waals surface area contributed by atoms with Crippen molar-refractivity contribution in [3.05, 3.63) is 28.1 Å². The molecule has 5 nitrogen and oxygen atoms in total. The number of nitrogen functional groups attached to an aromatic ring is 1. The monoisotopic (exact) mass is 222 g/mol. The van der Waals surface area contributed by atoms with Gasteiger partial charge in [-0.2, -0.15) is 8.78 Å². The summed E-state index contributed by atoms with van der Waals surface area (Å²) in [6.07, 6.45) is 0. The van der Waals surface area contributed by atoms with Gasteiger partial charge < -0.3 is 10.5 Å². The molecule has 0 saturated heterocycles. The largest absolute Gasteiger partial charge is 0.434 e. The van der Waals surface area contributed by atoms with E-state index in [0.29, 0.717) is 12.1 Å². The number of benzene rings is 1. The molecule has 0 aliphatic carbocycles. The van der Waals surface area contributed by atoms with E-state index in [-0.39, 0.29) is 0 Å². The second-order valence-electron chi connectivity index (χ2n) is 2.47. The maximum Gasteiger partial charge on any atom is 0.387 e. The van der Waals surface area contributed by atoms with Crippen LogP contribution in [0.2, 0.25) is 0 Å². The van der Waals surface area contributed by atoms with Crippen molar-refractivity contribution in [3.63, 3.8) is 0 Å². The van der Waals surface area contributed by atoms with Crippen molar-refractivity contribution in [1.29, 1.82) is 0 Å². The van der Waals surface area contributed by atoms with Crippen LogP contribution in [0.4, 0.5) is 24.5 Å². The Labute approximate surface area is 81.4 Å². The number of halogens is 3. The maximum absolute atomic E-state index is 12.9. The first-order chi connectivity index (χ1) is 6.91. The molecule has 0 aromatic heterocycles. The SMILES string of the molecule is Nc1c(F)cc(OC(F)F)cc1[N+](=O)[O-]. The quantitative estimate of drug-likeness (QED) is 0.481. The van der Waals surface area contributed by atoms with E-state index in [4.69, 9.17) is 5.73 Å². The molecule has 0 bridgehead atoms. The summed E-state index contributed by atoms with van der Waals surface area (Å²) in [6.45, 7) is -3.19. The molecule has 0 saturated carbocycles. The van der Waals surface area contributed by atoms with Gasteiger partial charge in [0.15, 0.2) is 5.82 Å². The molecule has 0 amide bonds. The van der Waals surface area contributed by atoms with E-state index in [1.165, 1.54) is 0 Å². The number of anilines is 1. The smallest absolute Gasteiger partial charge is 0.387 e. The minimum atomic E-state index is -3.19. The molecule has 0 unspecified atom stereocenters. The molecule has 1 rings (SSSR count). The maximum atomic E-state index is 12.9. The van der Waals surface area contributed by atoms with Crippen LogP contribution >= 0.6 is 0 Å². The van der Waals surface area contributed by atoms with Gasteiger partial charge in [0, 0.05) is 6.07 Å². The second-order valence-corrected chi connectivity index (χ2v) is 2.47. The van der Waals surface area contributed by atoms with Gasteiger partial charge in [-0.3, -0.25) is 10.1 Å². The Balaban J connectivity index is 3.17. The Hall–Kier alpha value is -1.99.